The number of carbonyl (C=O) groups excluding carboxylic acids is 1. The molecular formula is C13H17Br2NO4S. The van der Waals surface area contributed by atoms with E-state index in [2.05, 4.69) is 41.3 Å². The van der Waals surface area contributed by atoms with E-state index < -0.39 is 27.4 Å². The molecule has 0 aliphatic carbocycles. The quantitative estimate of drug-likeness (QED) is 0.727. The average Bonchev–Trinajstić information content (AvgIpc) is 2.36. The van der Waals surface area contributed by atoms with Crippen molar-refractivity contribution in [2.75, 3.05) is 7.11 Å². The summed E-state index contributed by atoms with van der Waals surface area (Å²) >= 11 is 6.44. The third-order valence-corrected chi connectivity index (χ3v) is 5.67. The first kappa shape index (κ1) is 18.6. The van der Waals surface area contributed by atoms with Crippen molar-refractivity contribution in [1.29, 1.82) is 0 Å². The van der Waals surface area contributed by atoms with Gasteiger partial charge in [-0.1, -0.05) is 36.7 Å². The molecule has 0 aromatic heterocycles. The summed E-state index contributed by atoms with van der Waals surface area (Å²) in [5.74, 6) is -0.628. The van der Waals surface area contributed by atoms with Gasteiger partial charge in [-0.05, 0) is 39.5 Å². The van der Waals surface area contributed by atoms with Crippen LogP contribution in [0.15, 0.2) is 32.0 Å². The minimum absolute atomic E-state index is 0.0510. The van der Waals surface area contributed by atoms with Crippen LogP contribution in [-0.4, -0.2) is 27.5 Å². The van der Waals surface area contributed by atoms with Crippen molar-refractivity contribution < 1.29 is 17.9 Å². The number of ether oxygens (including phenoxy) is 1. The Morgan fingerprint density at radius 1 is 1.29 bits per heavy atom. The summed E-state index contributed by atoms with van der Waals surface area (Å²) in [6.07, 6.45) is 0. The van der Waals surface area contributed by atoms with Crippen LogP contribution in [0.4, 0.5) is 0 Å². The summed E-state index contributed by atoms with van der Waals surface area (Å²) in [4.78, 5) is 11.9. The highest BCUT2D eigenvalue weighted by Crippen LogP contribution is 2.28. The monoisotopic (exact) mass is 441 g/mol. The third kappa shape index (κ3) is 4.77. The lowest BCUT2D eigenvalue weighted by Gasteiger charge is -2.28. The number of rotatable bonds is 4. The van der Waals surface area contributed by atoms with Gasteiger partial charge in [0.25, 0.3) is 0 Å². The van der Waals surface area contributed by atoms with E-state index in [4.69, 9.17) is 0 Å². The molecular weight excluding hydrogens is 426 g/mol. The molecule has 5 nitrogen and oxygen atoms in total. The second kappa shape index (κ2) is 6.76. The molecule has 1 aromatic rings. The van der Waals surface area contributed by atoms with Gasteiger partial charge < -0.3 is 4.74 Å². The number of hydrogen-bond acceptors (Lipinski definition) is 4. The van der Waals surface area contributed by atoms with Crippen molar-refractivity contribution in [3.05, 3.63) is 27.1 Å². The smallest absolute Gasteiger partial charge is 0.324 e. The summed E-state index contributed by atoms with van der Waals surface area (Å²) in [5, 5.41) is 0. The van der Waals surface area contributed by atoms with Crippen LogP contribution in [0.3, 0.4) is 0 Å². The first-order valence-electron chi connectivity index (χ1n) is 6.04. The van der Waals surface area contributed by atoms with E-state index in [9.17, 15) is 13.2 Å². The van der Waals surface area contributed by atoms with Gasteiger partial charge in [0.05, 0.1) is 12.0 Å². The van der Waals surface area contributed by atoms with Crippen LogP contribution >= 0.6 is 31.9 Å². The molecule has 0 heterocycles. The third-order valence-electron chi connectivity index (χ3n) is 2.76. The van der Waals surface area contributed by atoms with E-state index in [1.807, 2.05) is 0 Å². The van der Waals surface area contributed by atoms with Gasteiger partial charge in [-0.25, -0.2) is 8.42 Å². The Kier molecular flexibility index (Phi) is 5.99. The number of nitrogens with one attached hydrogen (secondary N) is 1. The zero-order chi connectivity index (χ0) is 16.4. The predicted octanol–water partition coefficient (Wildman–Crippen LogP) is 3.08. The Morgan fingerprint density at radius 2 is 1.86 bits per heavy atom. The summed E-state index contributed by atoms with van der Waals surface area (Å²) in [7, 11) is -2.65. The van der Waals surface area contributed by atoms with Crippen LogP contribution in [0.2, 0.25) is 0 Å². The molecule has 0 radical (unpaired) electrons. The van der Waals surface area contributed by atoms with Gasteiger partial charge in [-0.15, -0.1) is 0 Å². The topological polar surface area (TPSA) is 72.5 Å². The van der Waals surface area contributed by atoms with Crippen LogP contribution in [0.5, 0.6) is 0 Å². The number of esters is 1. The largest absolute Gasteiger partial charge is 0.468 e. The van der Waals surface area contributed by atoms with Crippen LogP contribution < -0.4 is 4.72 Å². The van der Waals surface area contributed by atoms with E-state index in [0.29, 0.717) is 8.95 Å². The Balaban J connectivity index is 3.24. The molecule has 118 valence electrons. The van der Waals surface area contributed by atoms with Crippen molar-refractivity contribution in [3.8, 4) is 0 Å². The predicted molar refractivity (Wildman–Crippen MR) is 87.4 cm³/mol. The summed E-state index contributed by atoms with van der Waals surface area (Å²) in [6.45, 7) is 5.27. The molecule has 1 unspecified atom stereocenters. The van der Waals surface area contributed by atoms with E-state index >= 15 is 0 Å². The molecule has 0 aliphatic rings. The van der Waals surface area contributed by atoms with Gasteiger partial charge in [0.15, 0.2) is 0 Å². The molecule has 0 saturated heterocycles. The highest BCUT2D eigenvalue weighted by molar-refractivity contribution is 9.11. The molecule has 0 amide bonds. The molecule has 1 N–H and O–H groups in total. The Bertz CT molecular complexity index is 638. The van der Waals surface area contributed by atoms with Crippen molar-refractivity contribution in [1.82, 2.24) is 4.72 Å². The number of methoxy groups -OCH3 is 1. The molecule has 1 rings (SSSR count). The molecule has 0 bridgehead atoms. The molecule has 1 aromatic carbocycles. The molecule has 0 spiro atoms. The SMILES string of the molecule is COC(=O)C(NS(=O)(=O)c1cc(Br)ccc1Br)C(C)(C)C. The zero-order valence-corrected chi connectivity index (χ0v) is 16.1. The standard InChI is InChI=1S/C13H17Br2NO4S/c1-13(2,3)11(12(17)20-4)16-21(18,19)10-7-8(14)5-6-9(10)15/h5-7,11,16H,1-4H3. The number of sulfonamides is 1. The van der Waals surface area contributed by atoms with Crippen molar-refractivity contribution in [3.63, 3.8) is 0 Å². The van der Waals surface area contributed by atoms with Gasteiger partial charge in [0.2, 0.25) is 10.0 Å². The lowest BCUT2D eigenvalue weighted by molar-refractivity contribution is -0.145. The first-order valence-corrected chi connectivity index (χ1v) is 9.11. The van der Waals surface area contributed by atoms with Crippen LogP contribution in [-0.2, 0) is 19.6 Å². The highest BCUT2D eigenvalue weighted by atomic mass is 79.9. The molecule has 0 saturated carbocycles. The molecule has 21 heavy (non-hydrogen) atoms. The first-order chi connectivity index (χ1) is 9.49. The second-order valence-electron chi connectivity index (χ2n) is 5.52. The maximum atomic E-state index is 12.5. The summed E-state index contributed by atoms with van der Waals surface area (Å²) < 4.78 is 33.2. The summed E-state index contributed by atoms with van der Waals surface area (Å²) in [5.41, 5.74) is -0.626. The van der Waals surface area contributed by atoms with Crippen LogP contribution in [0, 0.1) is 5.41 Å². The Labute approximate surface area is 141 Å². The Hall–Kier alpha value is -0.440. The minimum atomic E-state index is -3.88. The van der Waals surface area contributed by atoms with Gasteiger partial charge >= 0.3 is 5.97 Å². The molecule has 0 aliphatic heterocycles. The maximum absolute atomic E-state index is 12.5. The van der Waals surface area contributed by atoms with E-state index in [0.717, 1.165) is 0 Å². The number of hydrogen-bond donors (Lipinski definition) is 1. The van der Waals surface area contributed by atoms with Crippen LogP contribution in [0.1, 0.15) is 20.8 Å². The molecule has 8 heteroatoms. The highest BCUT2D eigenvalue weighted by Gasteiger charge is 2.36. The van der Waals surface area contributed by atoms with Gasteiger partial charge in [0, 0.05) is 8.95 Å². The summed E-state index contributed by atoms with van der Waals surface area (Å²) in [6, 6.07) is 3.80. The van der Waals surface area contributed by atoms with Gasteiger partial charge in [-0.2, -0.15) is 4.72 Å². The number of carbonyl (C=O) groups is 1. The van der Waals surface area contributed by atoms with Gasteiger partial charge in [-0.3, -0.25) is 4.79 Å². The fourth-order valence-corrected chi connectivity index (χ4v) is 4.49. The second-order valence-corrected chi connectivity index (χ2v) is 8.97. The van der Waals surface area contributed by atoms with E-state index in [-0.39, 0.29) is 4.90 Å². The molecule has 0 fully saturated rings. The van der Waals surface area contributed by atoms with Crippen molar-refractivity contribution in [2.45, 2.75) is 31.7 Å². The fourth-order valence-electron chi connectivity index (χ4n) is 1.60. The molecule has 1 atom stereocenters. The van der Waals surface area contributed by atoms with Crippen LogP contribution in [0.25, 0.3) is 0 Å². The Morgan fingerprint density at radius 3 is 2.33 bits per heavy atom. The maximum Gasteiger partial charge on any atom is 0.324 e. The normalized spacial score (nSPS) is 13.8. The van der Waals surface area contributed by atoms with Crippen molar-refractivity contribution >= 4 is 47.9 Å². The lowest BCUT2D eigenvalue weighted by atomic mass is 9.87. The fraction of sp³-hybridized carbons (Fsp3) is 0.462. The van der Waals surface area contributed by atoms with Gasteiger partial charge in [0.1, 0.15) is 6.04 Å². The van der Waals surface area contributed by atoms with E-state index in [1.165, 1.54) is 13.2 Å². The number of benzene rings is 1. The number of halogens is 2. The van der Waals surface area contributed by atoms with E-state index in [1.54, 1.807) is 32.9 Å². The minimum Gasteiger partial charge on any atom is -0.468 e. The zero-order valence-electron chi connectivity index (χ0n) is 12.1. The van der Waals surface area contributed by atoms with Crippen molar-refractivity contribution in [2.24, 2.45) is 5.41 Å². The average molecular weight is 443 g/mol. The lowest BCUT2D eigenvalue weighted by Crippen LogP contribution is -2.49.